The quantitative estimate of drug-likeness (QED) is 0.381. The van der Waals surface area contributed by atoms with Crippen LogP contribution in [0.1, 0.15) is 62.8 Å². The largest absolute Gasteiger partial charge is 0.507 e. The second kappa shape index (κ2) is 11.4. The van der Waals surface area contributed by atoms with Crippen LogP contribution in [-0.2, 0) is 4.79 Å². The molecule has 0 radical (unpaired) electrons. The van der Waals surface area contributed by atoms with Crippen LogP contribution in [0.5, 0.6) is 5.75 Å². The summed E-state index contributed by atoms with van der Waals surface area (Å²) in [6.07, 6.45) is 12.8. The van der Waals surface area contributed by atoms with Crippen LogP contribution in [0.3, 0.4) is 0 Å². The summed E-state index contributed by atoms with van der Waals surface area (Å²) < 4.78 is 0. The van der Waals surface area contributed by atoms with E-state index in [0.717, 1.165) is 95.2 Å². The van der Waals surface area contributed by atoms with Crippen molar-refractivity contribution in [1.82, 2.24) is 25.1 Å². The molecule has 0 bridgehead atoms. The smallest absolute Gasteiger partial charge is 0.306 e. The first-order chi connectivity index (χ1) is 21.9. The molecule has 236 valence electrons. The summed E-state index contributed by atoms with van der Waals surface area (Å²) in [7, 11) is 0. The number of piperazine rings is 1. The number of aromatic hydroxyl groups is 1. The van der Waals surface area contributed by atoms with Gasteiger partial charge in [0.2, 0.25) is 5.95 Å². The summed E-state index contributed by atoms with van der Waals surface area (Å²) in [5, 5.41) is 31.9. The Hall–Kier alpha value is -3.99. The van der Waals surface area contributed by atoms with Gasteiger partial charge in [-0.05, 0) is 99.6 Å². The molecule has 11 heteroatoms. The minimum atomic E-state index is -0.605. The molecule has 11 nitrogen and oxygen atoms in total. The van der Waals surface area contributed by atoms with E-state index in [-0.39, 0.29) is 17.7 Å². The van der Waals surface area contributed by atoms with Gasteiger partial charge in [0.15, 0.2) is 5.82 Å². The highest BCUT2D eigenvalue weighted by molar-refractivity contribution is 5.76. The van der Waals surface area contributed by atoms with Crippen molar-refractivity contribution in [2.45, 2.75) is 69.4 Å². The molecule has 45 heavy (non-hydrogen) atoms. The average Bonchev–Trinajstić information content (AvgIpc) is 3.07. The highest BCUT2D eigenvalue weighted by Crippen LogP contribution is 2.55. The molecular formula is C34H42N8O3. The number of hydrogen-bond donors (Lipinski definition) is 3. The summed E-state index contributed by atoms with van der Waals surface area (Å²) in [6, 6.07) is 10.2. The number of nitrogens with one attached hydrogen (secondary N) is 1. The van der Waals surface area contributed by atoms with E-state index in [1.807, 2.05) is 24.3 Å². The number of carbonyl (C=O) groups is 1. The van der Waals surface area contributed by atoms with Crippen molar-refractivity contribution in [2.24, 2.45) is 11.3 Å². The van der Waals surface area contributed by atoms with E-state index in [1.165, 1.54) is 18.4 Å². The molecule has 8 rings (SSSR count). The molecule has 0 unspecified atom stereocenters. The third-order valence-electron chi connectivity index (χ3n) is 11.4. The van der Waals surface area contributed by atoms with E-state index < -0.39 is 5.97 Å². The minimum Gasteiger partial charge on any atom is -0.507 e. The van der Waals surface area contributed by atoms with Gasteiger partial charge in [0.05, 0.1) is 23.3 Å². The molecule has 0 amide bonds. The van der Waals surface area contributed by atoms with Gasteiger partial charge < -0.3 is 30.2 Å². The van der Waals surface area contributed by atoms with Gasteiger partial charge in [-0.25, -0.2) is 9.97 Å². The third kappa shape index (κ3) is 5.34. The molecule has 3 N–H and O–H groups in total. The fourth-order valence-corrected chi connectivity index (χ4v) is 8.68. The molecule has 2 aliphatic carbocycles. The Balaban J connectivity index is 0.851. The number of carboxylic acid groups (broad SMARTS) is 1. The molecule has 2 saturated carbocycles. The summed E-state index contributed by atoms with van der Waals surface area (Å²) in [4.78, 5) is 28.4. The second-order valence-electron chi connectivity index (χ2n) is 14.0. The Labute approximate surface area is 263 Å². The lowest BCUT2D eigenvalue weighted by atomic mass is 9.56. The number of benzene rings is 1. The van der Waals surface area contributed by atoms with Gasteiger partial charge in [0.1, 0.15) is 5.75 Å². The molecule has 3 aliphatic heterocycles. The highest BCUT2D eigenvalue weighted by Gasteiger charge is 2.49. The van der Waals surface area contributed by atoms with E-state index in [2.05, 4.69) is 42.6 Å². The van der Waals surface area contributed by atoms with Gasteiger partial charge in [-0.1, -0.05) is 12.1 Å². The second-order valence-corrected chi connectivity index (χ2v) is 14.0. The molecule has 1 aromatic carbocycles. The number of aromatic nitrogens is 4. The summed E-state index contributed by atoms with van der Waals surface area (Å²) in [5.74, 6) is 1.56. The molecule has 2 saturated heterocycles. The van der Waals surface area contributed by atoms with Crippen molar-refractivity contribution < 1.29 is 15.0 Å². The SMILES string of the molecule is O=C(O)C1CCC2(CC1)CC(N1CCC(c3cnc(N4CCN5c6cc(-c7ccccc7O)nnc6NC[C@H]5C4)nc3)CC1)C2. The van der Waals surface area contributed by atoms with Gasteiger partial charge in [0.25, 0.3) is 0 Å². The third-order valence-corrected chi connectivity index (χ3v) is 11.4. The molecule has 5 aliphatic rings. The zero-order chi connectivity index (χ0) is 30.5. The van der Waals surface area contributed by atoms with Crippen LogP contribution >= 0.6 is 0 Å². The van der Waals surface area contributed by atoms with E-state index in [1.54, 1.807) is 6.07 Å². The molecule has 1 atom stereocenters. The fraction of sp³-hybridized carbons (Fsp3) is 0.559. The maximum Gasteiger partial charge on any atom is 0.306 e. The minimum absolute atomic E-state index is 0.119. The van der Waals surface area contributed by atoms with E-state index in [4.69, 9.17) is 9.97 Å². The highest BCUT2D eigenvalue weighted by atomic mass is 16.4. The van der Waals surface area contributed by atoms with Crippen LogP contribution < -0.4 is 15.1 Å². The number of rotatable bonds is 5. The van der Waals surface area contributed by atoms with Crippen molar-refractivity contribution >= 4 is 23.4 Å². The van der Waals surface area contributed by atoms with Crippen LogP contribution in [-0.4, -0.2) is 92.6 Å². The van der Waals surface area contributed by atoms with Crippen LogP contribution in [0.15, 0.2) is 42.7 Å². The Morgan fingerprint density at radius 1 is 0.933 bits per heavy atom. The first-order valence-corrected chi connectivity index (χ1v) is 16.7. The molecule has 5 heterocycles. The topological polar surface area (TPSA) is 131 Å². The zero-order valence-corrected chi connectivity index (χ0v) is 25.7. The number of likely N-dealkylation sites (tertiary alicyclic amines) is 1. The lowest BCUT2D eigenvalue weighted by Gasteiger charge is -2.55. The van der Waals surface area contributed by atoms with Crippen molar-refractivity contribution in [3.63, 3.8) is 0 Å². The number of fused-ring (bicyclic) bond motifs is 3. The number of aliphatic carboxylic acids is 1. The number of piperidine rings is 1. The Morgan fingerprint density at radius 3 is 2.42 bits per heavy atom. The summed E-state index contributed by atoms with van der Waals surface area (Å²) in [5.41, 5.74) is 4.03. The molecule has 1 spiro atoms. The first-order valence-electron chi connectivity index (χ1n) is 16.7. The van der Waals surface area contributed by atoms with Gasteiger partial charge in [-0.2, -0.15) is 0 Å². The van der Waals surface area contributed by atoms with Crippen LogP contribution in [0.4, 0.5) is 17.5 Å². The monoisotopic (exact) mass is 610 g/mol. The lowest BCUT2D eigenvalue weighted by molar-refractivity contribution is -0.145. The summed E-state index contributed by atoms with van der Waals surface area (Å²) in [6.45, 7) is 5.49. The molecule has 4 fully saturated rings. The number of carboxylic acids is 1. The van der Waals surface area contributed by atoms with Crippen LogP contribution in [0.25, 0.3) is 11.3 Å². The van der Waals surface area contributed by atoms with Gasteiger partial charge >= 0.3 is 5.97 Å². The summed E-state index contributed by atoms with van der Waals surface area (Å²) >= 11 is 0. The predicted molar refractivity (Wildman–Crippen MR) is 172 cm³/mol. The van der Waals surface area contributed by atoms with Crippen molar-refractivity contribution in [2.75, 3.05) is 54.4 Å². The average molecular weight is 611 g/mol. The van der Waals surface area contributed by atoms with Crippen molar-refractivity contribution in [3.05, 3.63) is 48.3 Å². The van der Waals surface area contributed by atoms with E-state index in [0.29, 0.717) is 28.6 Å². The van der Waals surface area contributed by atoms with Gasteiger partial charge in [-0.3, -0.25) is 4.79 Å². The molecule has 3 aromatic rings. The molecular weight excluding hydrogens is 568 g/mol. The van der Waals surface area contributed by atoms with E-state index in [9.17, 15) is 15.0 Å². The first kappa shape index (κ1) is 28.5. The molecule has 2 aromatic heterocycles. The van der Waals surface area contributed by atoms with E-state index >= 15 is 0 Å². The Morgan fingerprint density at radius 2 is 1.69 bits per heavy atom. The van der Waals surface area contributed by atoms with Gasteiger partial charge in [-0.15, -0.1) is 10.2 Å². The van der Waals surface area contributed by atoms with Gasteiger partial charge in [0, 0.05) is 50.2 Å². The van der Waals surface area contributed by atoms with Crippen molar-refractivity contribution in [1.29, 1.82) is 0 Å². The van der Waals surface area contributed by atoms with Crippen molar-refractivity contribution in [3.8, 4) is 17.0 Å². The lowest BCUT2D eigenvalue weighted by Crippen LogP contribution is -2.58. The van der Waals surface area contributed by atoms with Crippen LogP contribution in [0, 0.1) is 11.3 Å². The predicted octanol–water partition coefficient (Wildman–Crippen LogP) is 4.36. The Kier molecular flexibility index (Phi) is 7.23. The Bertz CT molecular complexity index is 1540. The van der Waals surface area contributed by atoms with Crippen LogP contribution in [0.2, 0.25) is 0 Å². The number of hydrogen-bond acceptors (Lipinski definition) is 10. The maximum atomic E-state index is 11.3. The fourth-order valence-electron chi connectivity index (χ4n) is 8.68. The normalized spacial score (nSPS) is 28.6. The number of anilines is 3. The standard InChI is InChI=1S/C34H42N8O3/c43-30-4-2-1-3-27(30)28-15-29-31(39-38-28)35-20-26-21-41(13-14-42(26)29)33-36-18-24(19-37-33)22-7-11-40(12-8-22)25-16-34(17-25)9-5-23(6-10-34)32(44)45/h1-4,15,18-19,22-23,25-26,43H,5-14,16-17,20-21H2,(H,35,39)(H,44,45)/t23?,25?,26-,34?/m0/s1. The number of nitrogens with zero attached hydrogens (tertiary/aromatic N) is 7. The maximum absolute atomic E-state index is 11.3. The number of para-hydroxylation sites is 1. The zero-order valence-electron chi connectivity index (χ0n) is 25.7. The number of phenolic OH excluding ortho intramolecular Hbond substituents is 1. The number of phenols is 1.